The molecule has 0 heterocycles. The molecule has 0 saturated carbocycles. The Bertz CT molecular complexity index is 434. The number of methoxy groups -OCH3 is 1. The molecule has 104 valence electrons. The number of carbonyl (C=O) groups is 2. The Morgan fingerprint density at radius 1 is 1.37 bits per heavy atom. The van der Waals surface area contributed by atoms with Crippen molar-refractivity contribution in [3.8, 4) is 5.75 Å². The fraction of sp³-hybridized carbons (Fsp3) is 0.333. The van der Waals surface area contributed by atoms with Gasteiger partial charge in [0, 0.05) is 5.02 Å². The predicted molar refractivity (Wildman–Crippen MR) is 68.0 cm³/mol. The van der Waals surface area contributed by atoms with Gasteiger partial charge >= 0.3 is 5.97 Å². The zero-order chi connectivity index (χ0) is 14.3. The van der Waals surface area contributed by atoms with E-state index in [-0.39, 0.29) is 6.61 Å². The smallest absolute Gasteiger partial charge is 0.330 e. The molecule has 0 aliphatic heterocycles. The van der Waals surface area contributed by atoms with Gasteiger partial charge in [-0.3, -0.25) is 4.79 Å². The van der Waals surface area contributed by atoms with Gasteiger partial charge in [0.1, 0.15) is 5.75 Å². The monoisotopic (exact) mass is 287 g/mol. The van der Waals surface area contributed by atoms with E-state index in [1.807, 2.05) is 0 Å². The Morgan fingerprint density at radius 2 is 2.00 bits per heavy atom. The highest BCUT2D eigenvalue weighted by Crippen LogP contribution is 2.15. The summed E-state index contributed by atoms with van der Waals surface area (Å²) >= 11 is 5.70. The maximum atomic E-state index is 11.5. The number of carbonyl (C=O) groups excluding carboxylic acids is 2. The molecule has 0 bridgehead atoms. The number of nitrogens with one attached hydrogen (secondary N) is 1. The second kappa shape index (κ2) is 7.60. The molecular formula is C12H14ClNO5. The van der Waals surface area contributed by atoms with Crippen molar-refractivity contribution >= 4 is 23.5 Å². The highest BCUT2D eigenvalue weighted by Gasteiger charge is 2.20. The molecule has 1 aromatic rings. The molecule has 1 aromatic carbocycles. The molecule has 7 heteroatoms. The number of benzene rings is 1. The van der Waals surface area contributed by atoms with Crippen LogP contribution >= 0.6 is 11.6 Å². The number of esters is 1. The fourth-order valence-corrected chi connectivity index (χ4v) is 1.36. The number of aliphatic hydroxyl groups is 1. The molecule has 2 N–H and O–H groups in total. The first-order valence-corrected chi connectivity index (χ1v) is 5.81. The Balaban J connectivity index is 2.42. The van der Waals surface area contributed by atoms with Crippen LogP contribution in [-0.2, 0) is 14.3 Å². The lowest BCUT2D eigenvalue weighted by Gasteiger charge is -2.14. The first-order valence-electron chi connectivity index (χ1n) is 5.43. The Kier molecular flexibility index (Phi) is 6.11. The van der Waals surface area contributed by atoms with Gasteiger partial charge in [0.25, 0.3) is 5.91 Å². The minimum Gasteiger partial charge on any atom is -0.484 e. The molecule has 0 aliphatic rings. The van der Waals surface area contributed by atoms with E-state index in [0.29, 0.717) is 10.8 Å². The van der Waals surface area contributed by atoms with Crippen molar-refractivity contribution in [1.82, 2.24) is 5.32 Å². The number of halogens is 1. The van der Waals surface area contributed by atoms with Crippen LogP contribution in [0.4, 0.5) is 0 Å². The summed E-state index contributed by atoms with van der Waals surface area (Å²) in [5, 5.41) is 11.8. The topological polar surface area (TPSA) is 84.9 Å². The lowest BCUT2D eigenvalue weighted by atomic mass is 10.3. The van der Waals surface area contributed by atoms with Crippen LogP contribution in [0.25, 0.3) is 0 Å². The molecule has 19 heavy (non-hydrogen) atoms. The molecule has 0 aliphatic carbocycles. The van der Waals surface area contributed by atoms with E-state index in [9.17, 15) is 9.59 Å². The molecule has 0 fully saturated rings. The molecule has 0 aromatic heterocycles. The van der Waals surface area contributed by atoms with Crippen LogP contribution in [0, 0.1) is 0 Å². The average molecular weight is 288 g/mol. The van der Waals surface area contributed by atoms with E-state index in [1.54, 1.807) is 24.3 Å². The van der Waals surface area contributed by atoms with Gasteiger partial charge in [0.05, 0.1) is 13.7 Å². The normalized spacial score (nSPS) is 11.5. The van der Waals surface area contributed by atoms with Crippen LogP contribution in [0.2, 0.25) is 5.02 Å². The molecule has 1 rings (SSSR count). The minimum atomic E-state index is -1.09. The molecule has 0 spiro atoms. The zero-order valence-corrected chi connectivity index (χ0v) is 11.0. The van der Waals surface area contributed by atoms with Crippen LogP contribution in [0.3, 0.4) is 0 Å². The highest BCUT2D eigenvalue weighted by atomic mass is 35.5. The van der Waals surface area contributed by atoms with Gasteiger partial charge in [-0.25, -0.2) is 4.79 Å². The van der Waals surface area contributed by atoms with Gasteiger partial charge in [-0.2, -0.15) is 0 Å². The summed E-state index contributed by atoms with van der Waals surface area (Å²) < 4.78 is 9.59. The third kappa shape index (κ3) is 5.15. The van der Waals surface area contributed by atoms with Gasteiger partial charge in [0.15, 0.2) is 12.6 Å². The maximum Gasteiger partial charge on any atom is 0.330 e. The zero-order valence-electron chi connectivity index (χ0n) is 10.3. The van der Waals surface area contributed by atoms with Crippen LogP contribution < -0.4 is 10.1 Å². The van der Waals surface area contributed by atoms with Crippen molar-refractivity contribution in [2.45, 2.75) is 6.04 Å². The summed E-state index contributed by atoms with van der Waals surface area (Å²) in [6.07, 6.45) is 0. The van der Waals surface area contributed by atoms with Crippen molar-refractivity contribution in [1.29, 1.82) is 0 Å². The summed E-state index contributed by atoms with van der Waals surface area (Å²) in [4.78, 5) is 22.6. The third-order valence-corrected chi connectivity index (χ3v) is 2.44. The molecule has 0 radical (unpaired) electrons. The summed E-state index contributed by atoms with van der Waals surface area (Å²) in [6, 6.07) is 5.38. The molecule has 1 atom stereocenters. The van der Waals surface area contributed by atoms with Crippen molar-refractivity contribution in [3.63, 3.8) is 0 Å². The highest BCUT2D eigenvalue weighted by molar-refractivity contribution is 6.30. The van der Waals surface area contributed by atoms with Crippen molar-refractivity contribution in [2.75, 3.05) is 20.3 Å². The Morgan fingerprint density at radius 3 is 2.53 bits per heavy atom. The quantitative estimate of drug-likeness (QED) is 0.739. The number of hydrogen-bond donors (Lipinski definition) is 2. The van der Waals surface area contributed by atoms with E-state index in [2.05, 4.69) is 10.1 Å². The Labute approximate surface area is 115 Å². The lowest BCUT2D eigenvalue weighted by Crippen LogP contribution is -2.45. The maximum absolute atomic E-state index is 11.5. The summed E-state index contributed by atoms with van der Waals surface area (Å²) in [5.41, 5.74) is 0. The summed E-state index contributed by atoms with van der Waals surface area (Å²) in [6.45, 7) is -0.825. The van der Waals surface area contributed by atoms with Gasteiger partial charge in [0.2, 0.25) is 0 Å². The van der Waals surface area contributed by atoms with Gasteiger partial charge < -0.3 is 19.9 Å². The number of ether oxygens (including phenoxy) is 2. The SMILES string of the molecule is COC(=O)[C@H](CO)NC(=O)COc1ccc(Cl)cc1. The second-order valence-corrected chi connectivity index (χ2v) is 4.00. The van der Waals surface area contributed by atoms with Gasteiger partial charge in [-0.15, -0.1) is 0 Å². The lowest BCUT2D eigenvalue weighted by molar-refractivity contribution is -0.146. The van der Waals surface area contributed by atoms with Crippen LogP contribution in [0.15, 0.2) is 24.3 Å². The van der Waals surface area contributed by atoms with Crippen molar-refractivity contribution in [3.05, 3.63) is 29.3 Å². The second-order valence-electron chi connectivity index (χ2n) is 3.57. The third-order valence-electron chi connectivity index (χ3n) is 2.19. The van der Waals surface area contributed by atoms with Crippen LogP contribution in [0.1, 0.15) is 0 Å². The molecule has 6 nitrogen and oxygen atoms in total. The van der Waals surface area contributed by atoms with E-state index >= 15 is 0 Å². The van der Waals surface area contributed by atoms with Crippen LogP contribution in [-0.4, -0.2) is 43.3 Å². The standard InChI is InChI=1S/C12H14ClNO5/c1-18-12(17)10(6-15)14-11(16)7-19-9-4-2-8(13)3-5-9/h2-5,10,15H,6-7H2,1H3,(H,14,16)/t10-/m0/s1. The van der Waals surface area contributed by atoms with Crippen LogP contribution in [0.5, 0.6) is 5.75 Å². The summed E-state index contributed by atoms with van der Waals surface area (Å²) in [7, 11) is 1.17. The number of hydrogen-bond acceptors (Lipinski definition) is 5. The van der Waals surface area contributed by atoms with E-state index in [1.165, 1.54) is 7.11 Å². The largest absolute Gasteiger partial charge is 0.484 e. The molecule has 0 saturated heterocycles. The predicted octanol–water partition coefficient (Wildman–Crippen LogP) is 0.369. The van der Waals surface area contributed by atoms with Crippen molar-refractivity contribution in [2.24, 2.45) is 0 Å². The molecule has 0 unspecified atom stereocenters. The minimum absolute atomic E-state index is 0.283. The van der Waals surface area contributed by atoms with Gasteiger partial charge in [-0.05, 0) is 24.3 Å². The van der Waals surface area contributed by atoms with E-state index in [0.717, 1.165) is 0 Å². The summed E-state index contributed by atoms with van der Waals surface area (Å²) in [5.74, 6) is -0.792. The Hall–Kier alpha value is -1.79. The fourth-order valence-electron chi connectivity index (χ4n) is 1.24. The first kappa shape index (κ1) is 15.3. The number of aliphatic hydroxyl groups excluding tert-OH is 1. The number of amides is 1. The first-order chi connectivity index (χ1) is 9.06. The average Bonchev–Trinajstić information content (AvgIpc) is 2.43. The molecule has 1 amide bonds. The molecular weight excluding hydrogens is 274 g/mol. The van der Waals surface area contributed by atoms with Crippen molar-refractivity contribution < 1.29 is 24.2 Å². The van der Waals surface area contributed by atoms with E-state index < -0.39 is 24.5 Å². The van der Waals surface area contributed by atoms with Gasteiger partial charge in [-0.1, -0.05) is 11.6 Å². The van der Waals surface area contributed by atoms with E-state index in [4.69, 9.17) is 21.4 Å². The number of rotatable bonds is 6.